The Morgan fingerprint density at radius 2 is 1.13 bits per heavy atom. The Kier molecular flexibility index (Phi) is 2.87. The van der Waals surface area contributed by atoms with Gasteiger partial charge < -0.3 is 4.74 Å². The van der Waals surface area contributed by atoms with Gasteiger partial charge in [0.1, 0.15) is 0 Å². The van der Waals surface area contributed by atoms with Crippen LogP contribution in [0.5, 0.6) is 0 Å². The molecular formula is C14H26O. The summed E-state index contributed by atoms with van der Waals surface area (Å²) < 4.78 is 6.47. The summed E-state index contributed by atoms with van der Waals surface area (Å²) in [5.41, 5.74) is 0.610. The van der Waals surface area contributed by atoms with Crippen LogP contribution in [0.25, 0.3) is 0 Å². The van der Waals surface area contributed by atoms with Crippen molar-refractivity contribution in [3.8, 4) is 0 Å². The van der Waals surface area contributed by atoms with Gasteiger partial charge >= 0.3 is 0 Å². The maximum atomic E-state index is 6.47. The second-order valence-electron chi connectivity index (χ2n) is 6.66. The first-order valence-corrected chi connectivity index (χ1v) is 6.66. The van der Waals surface area contributed by atoms with Gasteiger partial charge in [-0.15, -0.1) is 0 Å². The Balaban J connectivity index is 1.86. The zero-order chi connectivity index (χ0) is 11.1. The van der Waals surface area contributed by atoms with Gasteiger partial charge in [-0.1, -0.05) is 27.7 Å². The van der Waals surface area contributed by atoms with Crippen LogP contribution in [-0.2, 0) is 4.74 Å². The SMILES string of the molecule is CC(C)CC1(OC2(CC(C)C)CC2)CC1. The van der Waals surface area contributed by atoms with Gasteiger partial charge in [0.15, 0.2) is 0 Å². The molecule has 0 aliphatic heterocycles. The zero-order valence-electron chi connectivity index (χ0n) is 10.8. The Hall–Kier alpha value is -0.0400. The van der Waals surface area contributed by atoms with Crippen molar-refractivity contribution in [2.75, 3.05) is 0 Å². The lowest BCUT2D eigenvalue weighted by Gasteiger charge is -2.27. The van der Waals surface area contributed by atoms with Crippen LogP contribution < -0.4 is 0 Å². The van der Waals surface area contributed by atoms with Gasteiger partial charge in [0.2, 0.25) is 0 Å². The van der Waals surface area contributed by atoms with Gasteiger partial charge in [0.25, 0.3) is 0 Å². The fourth-order valence-electron chi connectivity index (χ4n) is 2.92. The van der Waals surface area contributed by atoms with E-state index in [1.807, 2.05) is 0 Å². The lowest BCUT2D eigenvalue weighted by Crippen LogP contribution is -2.27. The standard InChI is InChI=1S/C14H26O/c1-11(2)9-13(5-6-13)15-14(7-8-14)10-12(3)4/h11-12H,5-10H2,1-4H3. The normalized spacial score (nSPS) is 26.0. The van der Waals surface area contributed by atoms with Crippen molar-refractivity contribution in [2.45, 2.75) is 77.4 Å². The molecule has 0 saturated heterocycles. The molecule has 0 atom stereocenters. The Morgan fingerprint density at radius 1 is 0.800 bits per heavy atom. The quantitative estimate of drug-likeness (QED) is 0.639. The first kappa shape index (κ1) is 11.4. The minimum absolute atomic E-state index is 0.305. The molecule has 2 saturated carbocycles. The Labute approximate surface area is 94.6 Å². The highest BCUT2D eigenvalue weighted by Crippen LogP contribution is 2.55. The molecule has 2 aliphatic carbocycles. The molecule has 0 aromatic carbocycles. The molecule has 0 radical (unpaired) electrons. The van der Waals surface area contributed by atoms with Crippen LogP contribution in [0.3, 0.4) is 0 Å². The first-order chi connectivity index (χ1) is 6.95. The molecule has 0 aromatic rings. The van der Waals surface area contributed by atoms with Crippen LogP contribution in [0.4, 0.5) is 0 Å². The Morgan fingerprint density at radius 3 is 1.33 bits per heavy atom. The monoisotopic (exact) mass is 210 g/mol. The summed E-state index contributed by atoms with van der Waals surface area (Å²) in [4.78, 5) is 0. The molecule has 2 fully saturated rings. The van der Waals surface area contributed by atoms with Crippen molar-refractivity contribution in [2.24, 2.45) is 11.8 Å². The van der Waals surface area contributed by atoms with E-state index < -0.39 is 0 Å². The summed E-state index contributed by atoms with van der Waals surface area (Å²) in [6.45, 7) is 9.24. The summed E-state index contributed by atoms with van der Waals surface area (Å²) in [5, 5.41) is 0. The molecule has 2 aliphatic rings. The highest BCUT2D eigenvalue weighted by atomic mass is 16.5. The molecular weight excluding hydrogens is 184 g/mol. The Bertz CT molecular complexity index is 197. The highest BCUT2D eigenvalue weighted by Gasteiger charge is 2.55. The fourth-order valence-corrected chi connectivity index (χ4v) is 2.92. The summed E-state index contributed by atoms with van der Waals surface area (Å²) >= 11 is 0. The third kappa shape index (κ3) is 2.96. The van der Waals surface area contributed by atoms with Gasteiger partial charge in [0.05, 0.1) is 11.2 Å². The van der Waals surface area contributed by atoms with Crippen molar-refractivity contribution in [3.63, 3.8) is 0 Å². The van der Waals surface area contributed by atoms with E-state index in [-0.39, 0.29) is 0 Å². The number of hydrogen-bond acceptors (Lipinski definition) is 1. The summed E-state index contributed by atoms with van der Waals surface area (Å²) in [6.07, 6.45) is 7.78. The van der Waals surface area contributed by atoms with Gasteiger partial charge in [-0.3, -0.25) is 0 Å². The molecule has 0 amide bonds. The molecule has 1 heteroatoms. The minimum atomic E-state index is 0.305. The zero-order valence-corrected chi connectivity index (χ0v) is 10.8. The van der Waals surface area contributed by atoms with Crippen LogP contribution in [0.2, 0.25) is 0 Å². The first-order valence-electron chi connectivity index (χ1n) is 6.66. The molecule has 1 nitrogen and oxygen atoms in total. The van der Waals surface area contributed by atoms with Crippen LogP contribution in [0.1, 0.15) is 66.2 Å². The third-order valence-corrected chi connectivity index (χ3v) is 3.61. The summed E-state index contributed by atoms with van der Waals surface area (Å²) in [6, 6.07) is 0. The minimum Gasteiger partial charge on any atom is -0.369 e. The molecule has 0 spiro atoms. The van der Waals surface area contributed by atoms with Crippen molar-refractivity contribution in [3.05, 3.63) is 0 Å². The van der Waals surface area contributed by atoms with Gasteiger partial charge in [0, 0.05) is 0 Å². The van der Waals surface area contributed by atoms with Crippen molar-refractivity contribution < 1.29 is 4.74 Å². The molecule has 2 rings (SSSR count). The lowest BCUT2D eigenvalue weighted by atomic mass is 10.0. The average molecular weight is 210 g/mol. The van der Waals surface area contributed by atoms with Gasteiger partial charge in [-0.2, -0.15) is 0 Å². The second-order valence-corrected chi connectivity index (χ2v) is 6.66. The number of hydrogen-bond donors (Lipinski definition) is 0. The topological polar surface area (TPSA) is 9.23 Å². The molecule has 88 valence electrons. The molecule has 0 heterocycles. The number of rotatable bonds is 6. The predicted molar refractivity (Wildman–Crippen MR) is 63.9 cm³/mol. The van der Waals surface area contributed by atoms with Crippen molar-refractivity contribution in [1.29, 1.82) is 0 Å². The number of ether oxygens (including phenoxy) is 1. The van der Waals surface area contributed by atoms with E-state index >= 15 is 0 Å². The van der Waals surface area contributed by atoms with E-state index in [1.165, 1.54) is 38.5 Å². The molecule has 0 unspecified atom stereocenters. The van der Waals surface area contributed by atoms with E-state index in [9.17, 15) is 0 Å². The maximum absolute atomic E-state index is 6.47. The van der Waals surface area contributed by atoms with Crippen LogP contribution in [0, 0.1) is 11.8 Å². The maximum Gasteiger partial charge on any atom is 0.0694 e. The lowest BCUT2D eigenvalue weighted by molar-refractivity contribution is -0.0659. The average Bonchev–Trinajstić information content (AvgIpc) is 2.92. The largest absolute Gasteiger partial charge is 0.369 e. The van der Waals surface area contributed by atoms with Gasteiger partial charge in [-0.05, 0) is 50.4 Å². The van der Waals surface area contributed by atoms with Crippen LogP contribution in [0.15, 0.2) is 0 Å². The van der Waals surface area contributed by atoms with Crippen LogP contribution in [-0.4, -0.2) is 11.2 Å². The fraction of sp³-hybridized carbons (Fsp3) is 1.00. The summed E-state index contributed by atoms with van der Waals surface area (Å²) in [7, 11) is 0. The van der Waals surface area contributed by atoms with Crippen LogP contribution >= 0.6 is 0 Å². The van der Waals surface area contributed by atoms with Crippen molar-refractivity contribution in [1.82, 2.24) is 0 Å². The molecule has 15 heavy (non-hydrogen) atoms. The van der Waals surface area contributed by atoms with E-state index in [4.69, 9.17) is 4.74 Å². The highest BCUT2D eigenvalue weighted by molar-refractivity contribution is 5.05. The van der Waals surface area contributed by atoms with E-state index in [1.54, 1.807) is 0 Å². The molecule has 0 bridgehead atoms. The molecule has 0 N–H and O–H groups in total. The van der Waals surface area contributed by atoms with E-state index in [0.717, 1.165) is 11.8 Å². The molecule has 0 aromatic heterocycles. The van der Waals surface area contributed by atoms with Crippen molar-refractivity contribution >= 4 is 0 Å². The second kappa shape index (κ2) is 3.76. The summed E-state index contributed by atoms with van der Waals surface area (Å²) in [5.74, 6) is 1.56. The third-order valence-electron chi connectivity index (χ3n) is 3.61. The predicted octanol–water partition coefficient (Wildman–Crippen LogP) is 4.16. The smallest absolute Gasteiger partial charge is 0.0694 e. The van der Waals surface area contributed by atoms with E-state index in [2.05, 4.69) is 27.7 Å². The van der Waals surface area contributed by atoms with Gasteiger partial charge in [-0.25, -0.2) is 0 Å². The van der Waals surface area contributed by atoms with E-state index in [0.29, 0.717) is 11.2 Å².